The highest BCUT2D eigenvalue weighted by Gasteiger charge is 2.24. The van der Waals surface area contributed by atoms with Crippen molar-refractivity contribution in [1.82, 2.24) is 0 Å². The van der Waals surface area contributed by atoms with Crippen molar-refractivity contribution in [2.45, 2.75) is 18.9 Å². The van der Waals surface area contributed by atoms with Crippen molar-refractivity contribution in [2.24, 2.45) is 11.7 Å². The lowest BCUT2D eigenvalue weighted by Gasteiger charge is -2.14. The van der Waals surface area contributed by atoms with Crippen LogP contribution in [0.15, 0.2) is 0 Å². The zero-order valence-electron chi connectivity index (χ0n) is 6.32. The summed E-state index contributed by atoms with van der Waals surface area (Å²) in [5.41, 5.74) is 5.62. The van der Waals surface area contributed by atoms with E-state index >= 15 is 0 Å². The number of hydrogen-bond donors (Lipinski definition) is 2. The minimum Gasteiger partial charge on any atom is -0.481 e. The van der Waals surface area contributed by atoms with Gasteiger partial charge >= 0.3 is 5.97 Å². The molecule has 1 heterocycles. The first kappa shape index (κ1) is 8.49. The summed E-state index contributed by atoms with van der Waals surface area (Å²) in [4.78, 5) is 10.2. The van der Waals surface area contributed by atoms with E-state index in [2.05, 4.69) is 0 Å². The Balaban J connectivity index is 2.28. The second-order valence-electron chi connectivity index (χ2n) is 2.89. The van der Waals surface area contributed by atoms with E-state index in [-0.39, 0.29) is 18.4 Å². The van der Waals surface area contributed by atoms with Gasteiger partial charge in [-0.25, -0.2) is 0 Å². The first-order valence-electron chi connectivity index (χ1n) is 3.75. The number of hydrogen-bond acceptors (Lipinski definition) is 3. The van der Waals surface area contributed by atoms with Crippen molar-refractivity contribution in [1.29, 1.82) is 0 Å². The van der Waals surface area contributed by atoms with E-state index in [1.807, 2.05) is 0 Å². The van der Waals surface area contributed by atoms with E-state index in [0.717, 1.165) is 13.0 Å². The fourth-order valence-corrected chi connectivity index (χ4v) is 1.26. The molecule has 0 radical (unpaired) electrons. The van der Waals surface area contributed by atoms with Crippen molar-refractivity contribution < 1.29 is 14.6 Å². The summed E-state index contributed by atoms with van der Waals surface area (Å²) in [5, 5.41) is 8.42. The van der Waals surface area contributed by atoms with Gasteiger partial charge < -0.3 is 15.6 Å². The lowest BCUT2D eigenvalue weighted by Crippen LogP contribution is -2.32. The Kier molecular flexibility index (Phi) is 2.84. The van der Waals surface area contributed by atoms with Crippen LogP contribution >= 0.6 is 0 Å². The molecule has 4 heteroatoms. The maximum Gasteiger partial charge on any atom is 0.304 e. The van der Waals surface area contributed by atoms with Crippen LogP contribution in [0.25, 0.3) is 0 Å². The first-order chi connectivity index (χ1) is 5.20. The standard InChI is InChI=1S/C7H13NO3/c8-6(3-7(9)10)5-1-2-11-4-5/h5-6H,1-4,8H2,(H,9,10)/t5?,6-/m1/s1. The number of aliphatic carboxylic acids is 1. The van der Waals surface area contributed by atoms with Crippen LogP contribution in [0.3, 0.4) is 0 Å². The largest absolute Gasteiger partial charge is 0.481 e. The second kappa shape index (κ2) is 3.69. The van der Waals surface area contributed by atoms with E-state index in [9.17, 15) is 4.79 Å². The van der Waals surface area contributed by atoms with Crippen molar-refractivity contribution in [3.05, 3.63) is 0 Å². The van der Waals surface area contributed by atoms with Crippen molar-refractivity contribution in [2.75, 3.05) is 13.2 Å². The Morgan fingerprint density at radius 1 is 1.82 bits per heavy atom. The lowest BCUT2D eigenvalue weighted by molar-refractivity contribution is -0.137. The summed E-state index contributed by atoms with van der Waals surface area (Å²) in [6, 6.07) is -0.241. The zero-order chi connectivity index (χ0) is 8.27. The molecule has 0 bridgehead atoms. The molecule has 1 unspecified atom stereocenters. The van der Waals surface area contributed by atoms with Crippen LogP contribution in [0.4, 0.5) is 0 Å². The Labute approximate surface area is 65.3 Å². The normalized spacial score (nSPS) is 26.8. The SMILES string of the molecule is N[C@H](CC(=O)O)C1CCOC1. The molecule has 64 valence electrons. The van der Waals surface area contributed by atoms with E-state index in [1.54, 1.807) is 0 Å². The van der Waals surface area contributed by atoms with Crippen LogP contribution in [0.5, 0.6) is 0 Å². The fraction of sp³-hybridized carbons (Fsp3) is 0.857. The van der Waals surface area contributed by atoms with Crippen molar-refractivity contribution >= 4 is 5.97 Å². The molecule has 1 saturated heterocycles. The molecule has 0 aromatic rings. The van der Waals surface area contributed by atoms with E-state index in [4.69, 9.17) is 15.6 Å². The molecule has 0 aliphatic carbocycles. The lowest BCUT2D eigenvalue weighted by atomic mass is 9.97. The minimum atomic E-state index is -0.829. The molecule has 1 aliphatic heterocycles. The van der Waals surface area contributed by atoms with Gasteiger partial charge in [0.25, 0.3) is 0 Å². The number of rotatable bonds is 3. The van der Waals surface area contributed by atoms with Gasteiger partial charge in [-0.3, -0.25) is 4.79 Å². The number of ether oxygens (including phenoxy) is 1. The van der Waals surface area contributed by atoms with E-state index in [0.29, 0.717) is 6.61 Å². The van der Waals surface area contributed by atoms with Crippen LogP contribution in [0.2, 0.25) is 0 Å². The molecule has 0 amide bonds. The molecular weight excluding hydrogens is 146 g/mol. The molecule has 1 fully saturated rings. The molecule has 3 N–H and O–H groups in total. The van der Waals surface area contributed by atoms with E-state index < -0.39 is 5.97 Å². The molecular formula is C7H13NO3. The predicted molar refractivity (Wildman–Crippen MR) is 39.2 cm³/mol. The highest BCUT2D eigenvalue weighted by atomic mass is 16.5. The third-order valence-electron chi connectivity index (χ3n) is 1.98. The molecule has 2 atom stereocenters. The van der Waals surface area contributed by atoms with Crippen molar-refractivity contribution in [3.63, 3.8) is 0 Å². The Hall–Kier alpha value is -0.610. The van der Waals surface area contributed by atoms with Gasteiger partial charge in [0.2, 0.25) is 0 Å². The van der Waals surface area contributed by atoms with Crippen LogP contribution < -0.4 is 5.73 Å². The topological polar surface area (TPSA) is 72.6 Å². The Morgan fingerprint density at radius 2 is 2.55 bits per heavy atom. The van der Waals surface area contributed by atoms with Crippen LogP contribution in [0, 0.1) is 5.92 Å². The molecule has 4 nitrogen and oxygen atoms in total. The van der Waals surface area contributed by atoms with Gasteiger partial charge in [-0.2, -0.15) is 0 Å². The number of carboxylic acid groups (broad SMARTS) is 1. The van der Waals surface area contributed by atoms with Crippen LogP contribution in [-0.4, -0.2) is 30.3 Å². The maximum atomic E-state index is 10.2. The molecule has 1 aliphatic rings. The van der Waals surface area contributed by atoms with Gasteiger partial charge in [-0.15, -0.1) is 0 Å². The summed E-state index contributed by atoms with van der Waals surface area (Å²) < 4.78 is 5.09. The van der Waals surface area contributed by atoms with Crippen LogP contribution in [-0.2, 0) is 9.53 Å². The predicted octanol–water partition coefficient (Wildman–Crippen LogP) is -0.175. The number of nitrogens with two attached hydrogens (primary N) is 1. The average molecular weight is 159 g/mol. The molecule has 1 rings (SSSR count). The fourth-order valence-electron chi connectivity index (χ4n) is 1.26. The summed E-state index contributed by atoms with van der Waals surface area (Å²) >= 11 is 0. The number of carboxylic acids is 1. The monoisotopic (exact) mass is 159 g/mol. The second-order valence-corrected chi connectivity index (χ2v) is 2.89. The van der Waals surface area contributed by atoms with Crippen LogP contribution in [0.1, 0.15) is 12.8 Å². The zero-order valence-corrected chi connectivity index (χ0v) is 6.32. The average Bonchev–Trinajstić information content (AvgIpc) is 2.35. The summed E-state index contributed by atoms with van der Waals surface area (Å²) in [7, 11) is 0. The summed E-state index contributed by atoms with van der Waals surface area (Å²) in [5.74, 6) is -0.587. The van der Waals surface area contributed by atoms with Gasteiger partial charge in [0.1, 0.15) is 0 Å². The summed E-state index contributed by atoms with van der Waals surface area (Å²) in [6.07, 6.45) is 0.947. The first-order valence-corrected chi connectivity index (χ1v) is 3.75. The third kappa shape index (κ3) is 2.48. The smallest absolute Gasteiger partial charge is 0.304 e. The van der Waals surface area contributed by atoms with Gasteiger partial charge in [0.05, 0.1) is 13.0 Å². The molecule has 0 saturated carbocycles. The van der Waals surface area contributed by atoms with E-state index in [1.165, 1.54) is 0 Å². The van der Waals surface area contributed by atoms with Crippen molar-refractivity contribution in [3.8, 4) is 0 Å². The number of carbonyl (C=O) groups is 1. The molecule has 11 heavy (non-hydrogen) atoms. The highest BCUT2D eigenvalue weighted by molar-refractivity contribution is 5.67. The van der Waals surface area contributed by atoms with Gasteiger partial charge in [-0.05, 0) is 6.42 Å². The maximum absolute atomic E-state index is 10.2. The third-order valence-corrected chi connectivity index (χ3v) is 1.98. The quantitative estimate of drug-likeness (QED) is 0.599. The molecule has 0 spiro atoms. The van der Waals surface area contributed by atoms with Gasteiger partial charge in [0.15, 0.2) is 0 Å². The summed E-state index contributed by atoms with van der Waals surface area (Å²) in [6.45, 7) is 1.34. The molecule has 0 aromatic carbocycles. The Morgan fingerprint density at radius 3 is 3.00 bits per heavy atom. The molecule has 0 aromatic heterocycles. The highest BCUT2D eigenvalue weighted by Crippen LogP contribution is 2.16. The minimum absolute atomic E-state index is 0.0496. The van der Waals surface area contributed by atoms with Gasteiger partial charge in [0, 0.05) is 18.6 Å². The van der Waals surface area contributed by atoms with Gasteiger partial charge in [-0.1, -0.05) is 0 Å². The Bertz CT molecular complexity index is 143.